The Morgan fingerprint density at radius 3 is 2.14 bits per heavy atom. The van der Waals surface area contributed by atoms with Crippen LogP contribution < -0.4 is 0 Å². The molecule has 1 unspecified atom stereocenters. The minimum absolute atomic E-state index is 0.347. The largest absolute Gasteiger partial charge is 0.480 e. The number of carboxylic acid groups (broad SMARTS) is 1. The van der Waals surface area contributed by atoms with Gasteiger partial charge in [0.15, 0.2) is 0 Å². The molecule has 0 heterocycles. The minimum Gasteiger partial charge on any atom is -0.480 e. The third-order valence-electron chi connectivity index (χ3n) is 2.39. The summed E-state index contributed by atoms with van der Waals surface area (Å²) < 4.78 is 4.82. The monoisotopic (exact) mass is 203 g/mol. The number of ether oxygens (including phenoxy) is 1. The lowest BCUT2D eigenvalue weighted by Crippen LogP contribution is -2.53. The van der Waals surface area contributed by atoms with Crippen molar-refractivity contribution in [1.82, 2.24) is 4.90 Å². The molecule has 0 aliphatic carbocycles. The van der Waals surface area contributed by atoms with Crippen molar-refractivity contribution in [1.29, 1.82) is 0 Å². The second kappa shape index (κ2) is 4.41. The number of likely N-dealkylation sites (N-methyl/N-ethyl adjacent to an activating group) is 1. The molecule has 1 amide bonds. The highest BCUT2D eigenvalue weighted by Crippen LogP contribution is 2.14. The number of amides is 1. The molecule has 0 fully saturated rings. The molecule has 5 heteroatoms. The first kappa shape index (κ1) is 12.9. The van der Waals surface area contributed by atoms with Gasteiger partial charge in [0.1, 0.15) is 11.6 Å². The number of methoxy groups -OCH3 is 1. The van der Waals surface area contributed by atoms with Crippen LogP contribution >= 0.6 is 0 Å². The first-order chi connectivity index (χ1) is 6.25. The van der Waals surface area contributed by atoms with E-state index in [2.05, 4.69) is 0 Å². The maximum Gasteiger partial charge on any atom is 0.329 e. The lowest BCUT2D eigenvalue weighted by Gasteiger charge is -2.32. The van der Waals surface area contributed by atoms with Gasteiger partial charge < -0.3 is 14.7 Å². The van der Waals surface area contributed by atoms with Gasteiger partial charge in [0, 0.05) is 14.2 Å². The van der Waals surface area contributed by atoms with E-state index in [9.17, 15) is 9.59 Å². The standard InChI is InChI=1S/C9H17NO4/c1-6(14-5)7(11)10(4)9(2,3)8(12)13/h6H,1-5H3,(H,12,13). The second-order valence-corrected chi connectivity index (χ2v) is 3.64. The molecule has 0 bridgehead atoms. The van der Waals surface area contributed by atoms with E-state index in [-0.39, 0.29) is 5.91 Å². The quantitative estimate of drug-likeness (QED) is 0.715. The van der Waals surface area contributed by atoms with Crippen LogP contribution in [0.25, 0.3) is 0 Å². The van der Waals surface area contributed by atoms with Crippen molar-refractivity contribution >= 4 is 11.9 Å². The summed E-state index contributed by atoms with van der Waals surface area (Å²) in [5.74, 6) is -1.39. The second-order valence-electron chi connectivity index (χ2n) is 3.64. The van der Waals surface area contributed by atoms with Crippen LogP contribution in [0.2, 0.25) is 0 Å². The number of carboxylic acids is 1. The van der Waals surface area contributed by atoms with Crippen molar-refractivity contribution in [2.24, 2.45) is 0 Å². The fraction of sp³-hybridized carbons (Fsp3) is 0.778. The maximum atomic E-state index is 11.6. The van der Waals surface area contributed by atoms with E-state index < -0.39 is 17.6 Å². The Labute approximate surface area is 83.6 Å². The summed E-state index contributed by atoms with van der Waals surface area (Å²) in [5, 5.41) is 8.88. The lowest BCUT2D eigenvalue weighted by molar-refractivity contribution is -0.159. The summed E-state index contributed by atoms with van der Waals surface area (Å²) >= 11 is 0. The van der Waals surface area contributed by atoms with Crippen LogP contribution in [0.3, 0.4) is 0 Å². The van der Waals surface area contributed by atoms with Crippen LogP contribution in [0.4, 0.5) is 0 Å². The van der Waals surface area contributed by atoms with Gasteiger partial charge in [0.2, 0.25) is 0 Å². The minimum atomic E-state index is -1.22. The highest BCUT2D eigenvalue weighted by molar-refractivity contribution is 5.88. The van der Waals surface area contributed by atoms with Crippen molar-refractivity contribution in [3.8, 4) is 0 Å². The average molecular weight is 203 g/mol. The Bertz CT molecular complexity index is 237. The molecule has 1 atom stereocenters. The Hall–Kier alpha value is -1.10. The van der Waals surface area contributed by atoms with Gasteiger partial charge >= 0.3 is 5.97 Å². The van der Waals surface area contributed by atoms with Gasteiger partial charge in [-0.1, -0.05) is 0 Å². The Kier molecular flexibility index (Phi) is 4.07. The van der Waals surface area contributed by atoms with Gasteiger partial charge in [-0.3, -0.25) is 4.79 Å². The number of aliphatic carboxylic acids is 1. The van der Waals surface area contributed by atoms with Crippen molar-refractivity contribution in [3.63, 3.8) is 0 Å². The Morgan fingerprint density at radius 2 is 1.86 bits per heavy atom. The summed E-state index contributed by atoms with van der Waals surface area (Å²) in [4.78, 5) is 23.6. The number of hydrogen-bond acceptors (Lipinski definition) is 3. The van der Waals surface area contributed by atoms with Crippen LogP contribution in [0.15, 0.2) is 0 Å². The molecule has 0 radical (unpaired) electrons. The fourth-order valence-corrected chi connectivity index (χ4v) is 0.792. The molecular weight excluding hydrogens is 186 g/mol. The van der Waals surface area contributed by atoms with E-state index in [1.807, 2.05) is 0 Å². The van der Waals surface area contributed by atoms with Gasteiger partial charge in [-0.05, 0) is 20.8 Å². The number of nitrogens with zero attached hydrogens (tertiary/aromatic N) is 1. The molecule has 0 aliphatic heterocycles. The Balaban J connectivity index is 4.69. The molecule has 0 aromatic rings. The molecule has 0 rings (SSSR count). The van der Waals surface area contributed by atoms with E-state index in [0.29, 0.717) is 0 Å². The van der Waals surface area contributed by atoms with Gasteiger partial charge in [-0.15, -0.1) is 0 Å². The molecule has 0 saturated carbocycles. The van der Waals surface area contributed by atoms with Gasteiger partial charge in [-0.2, -0.15) is 0 Å². The predicted octanol–water partition coefficient (Wildman–Crippen LogP) is 0.343. The first-order valence-electron chi connectivity index (χ1n) is 4.29. The molecular formula is C9H17NO4. The van der Waals surface area contributed by atoms with Crippen LogP contribution in [0, 0.1) is 0 Å². The van der Waals surface area contributed by atoms with Crippen LogP contribution in [-0.2, 0) is 14.3 Å². The lowest BCUT2D eigenvalue weighted by atomic mass is 10.0. The van der Waals surface area contributed by atoms with Crippen molar-refractivity contribution in [3.05, 3.63) is 0 Å². The first-order valence-corrected chi connectivity index (χ1v) is 4.29. The van der Waals surface area contributed by atoms with Gasteiger partial charge in [0.05, 0.1) is 0 Å². The fourth-order valence-electron chi connectivity index (χ4n) is 0.792. The molecule has 82 valence electrons. The summed E-state index contributed by atoms with van der Waals surface area (Å²) in [6, 6.07) is 0. The summed E-state index contributed by atoms with van der Waals surface area (Å²) in [5.41, 5.74) is -1.22. The maximum absolute atomic E-state index is 11.6. The molecule has 0 aromatic heterocycles. The topological polar surface area (TPSA) is 66.8 Å². The number of carbonyl (C=O) groups excluding carboxylic acids is 1. The third kappa shape index (κ3) is 2.45. The number of rotatable bonds is 4. The normalized spacial score (nSPS) is 13.5. The zero-order valence-corrected chi connectivity index (χ0v) is 9.20. The Morgan fingerprint density at radius 1 is 1.43 bits per heavy atom. The van der Waals surface area contributed by atoms with E-state index in [1.54, 1.807) is 6.92 Å². The average Bonchev–Trinajstić information content (AvgIpc) is 2.13. The molecule has 14 heavy (non-hydrogen) atoms. The van der Waals surface area contributed by atoms with E-state index in [0.717, 1.165) is 0 Å². The molecule has 0 aromatic carbocycles. The third-order valence-corrected chi connectivity index (χ3v) is 2.39. The van der Waals surface area contributed by atoms with E-state index in [4.69, 9.17) is 9.84 Å². The SMILES string of the molecule is COC(C)C(=O)N(C)C(C)(C)C(=O)O. The highest BCUT2D eigenvalue weighted by Gasteiger charge is 2.36. The van der Waals surface area contributed by atoms with E-state index >= 15 is 0 Å². The van der Waals surface area contributed by atoms with E-state index in [1.165, 1.54) is 32.9 Å². The van der Waals surface area contributed by atoms with Crippen LogP contribution in [0.5, 0.6) is 0 Å². The molecule has 0 spiro atoms. The number of carbonyl (C=O) groups is 2. The number of hydrogen-bond donors (Lipinski definition) is 1. The molecule has 0 saturated heterocycles. The zero-order chi connectivity index (χ0) is 11.5. The summed E-state index contributed by atoms with van der Waals surface area (Å²) in [6.07, 6.45) is -0.626. The molecule has 0 aliphatic rings. The smallest absolute Gasteiger partial charge is 0.329 e. The van der Waals surface area contributed by atoms with Gasteiger partial charge in [-0.25, -0.2) is 4.79 Å². The summed E-state index contributed by atoms with van der Waals surface area (Å²) in [7, 11) is 2.86. The zero-order valence-electron chi connectivity index (χ0n) is 9.20. The van der Waals surface area contributed by atoms with Crippen LogP contribution in [-0.4, -0.2) is 47.7 Å². The van der Waals surface area contributed by atoms with Gasteiger partial charge in [0.25, 0.3) is 5.91 Å². The van der Waals surface area contributed by atoms with Crippen LogP contribution in [0.1, 0.15) is 20.8 Å². The molecule has 1 N–H and O–H groups in total. The summed E-state index contributed by atoms with van der Waals surface area (Å²) in [6.45, 7) is 4.52. The van der Waals surface area contributed by atoms with Crippen molar-refractivity contribution in [2.75, 3.05) is 14.2 Å². The predicted molar refractivity (Wildman–Crippen MR) is 51.0 cm³/mol. The highest BCUT2D eigenvalue weighted by atomic mass is 16.5. The van der Waals surface area contributed by atoms with Crippen molar-refractivity contribution < 1.29 is 19.4 Å². The van der Waals surface area contributed by atoms with Crippen molar-refractivity contribution in [2.45, 2.75) is 32.4 Å². The molecule has 5 nitrogen and oxygen atoms in total.